The summed E-state index contributed by atoms with van der Waals surface area (Å²) in [5, 5.41) is 6.14. The average Bonchev–Trinajstić information content (AvgIpc) is 2.89. The molecule has 1 heterocycles. The van der Waals surface area contributed by atoms with Gasteiger partial charge in [-0.05, 0) is 19.8 Å². The summed E-state index contributed by atoms with van der Waals surface area (Å²) in [6.07, 6.45) is 4.47. The molecule has 0 fully saturated rings. The zero-order chi connectivity index (χ0) is 14.3. The topological polar surface area (TPSA) is 67.2 Å². The van der Waals surface area contributed by atoms with Crippen molar-refractivity contribution in [3.05, 3.63) is 17.8 Å². The predicted octanol–water partition coefficient (Wildman–Crippen LogP) is 2.02. The molecule has 1 aromatic rings. The van der Waals surface area contributed by atoms with Crippen LogP contribution in [-0.2, 0) is 17.8 Å². The van der Waals surface area contributed by atoms with Gasteiger partial charge in [0.25, 0.3) is 0 Å². The fraction of sp³-hybridized carbons (Fsp3) is 0.714. The van der Waals surface area contributed by atoms with E-state index in [0.717, 1.165) is 25.0 Å². The summed E-state index contributed by atoms with van der Waals surface area (Å²) in [5.41, 5.74) is 0. The van der Waals surface area contributed by atoms with Gasteiger partial charge in [0.2, 0.25) is 11.8 Å². The van der Waals surface area contributed by atoms with Crippen LogP contribution in [0.2, 0.25) is 0 Å². The first-order valence-electron chi connectivity index (χ1n) is 7.07. The lowest BCUT2D eigenvalue weighted by Gasteiger charge is -2.18. The molecule has 5 nitrogen and oxygen atoms in total. The third-order valence-electron chi connectivity index (χ3n) is 3.23. The molecule has 1 unspecified atom stereocenters. The zero-order valence-electron chi connectivity index (χ0n) is 12.3. The molecule has 0 saturated carbocycles. The first-order chi connectivity index (χ1) is 9.10. The molecular weight excluding hydrogens is 242 g/mol. The Bertz CT molecular complexity index is 386. The molecule has 5 heteroatoms. The minimum Gasteiger partial charge on any atom is -0.444 e. The fourth-order valence-corrected chi connectivity index (χ4v) is 1.75. The van der Waals surface area contributed by atoms with Crippen molar-refractivity contribution in [1.82, 2.24) is 15.6 Å². The van der Waals surface area contributed by atoms with Crippen LogP contribution in [0, 0.1) is 0 Å². The summed E-state index contributed by atoms with van der Waals surface area (Å²) in [6, 6.07) is 0.00255. The molecular formula is C14H25N3O2. The number of oxazole rings is 1. The Morgan fingerprint density at radius 3 is 2.58 bits per heavy atom. The van der Waals surface area contributed by atoms with Crippen molar-refractivity contribution in [3.8, 4) is 0 Å². The van der Waals surface area contributed by atoms with E-state index in [1.165, 1.54) is 0 Å². The maximum Gasteiger partial charge on any atom is 0.237 e. The lowest BCUT2D eigenvalue weighted by molar-refractivity contribution is -0.123. The Kier molecular flexibility index (Phi) is 6.56. The highest BCUT2D eigenvalue weighted by atomic mass is 16.4. The first-order valence-corrected chi connectivity index (χ1v) is 7.07. The summed E-state index contributed by atoms with van der Waals surface area (Å²) < 4.78 is 5.48. The number of aromatic nitrogens is 1. The quantitative estimate of drug-likeness (QED) is 0.756. The normalized spacial score (nSPS) is 12.7. The van der Waals surface area contributed by atoms with E-state index in [-0.39, 0.29) is 18.0 Å². The van der Waals surface area contributed by atoms with E-state index in [1.54, 1.807) is 6.20 Å². The third kappa shape index (κ3) is 5.03. The molecule has 0 aliphatic heterocycles. The van der Waals surface area contributed by atoms with Crippen LogP contribution in [0.15, 0.2) is 10.6 Å². The van der Waals surface area contributed by atoms with Crippen molar-refractivity contribution in [1.29, 1.82) is 0 Å². The second kappa shape index (κ2) is 7.94. The van der Waals surface area contributed by atoms with Crippen molar-refractivity contribution in [2.24, 2.45) is 0 Å². The highest BCUT2D eigenvalue weighted by Gasteiger charge is 2.16. The van der Waals surface area contributed by atoms with Gasteiger partial charge in [-0.25, -0.2) is 4.98 Å². The Morgan fingerprint density at radius 2 is 2.05 bits per heavy atom. The molecule has 2 N–H and O–H groups in total. The SMILES string of the molecule is CCc1cnc(CNC(C)C(=O)NC(CC)CC)o1. The summed E-state index contributed by atoms with van der Waals surface area (Å²) in [5.74, 6) is 1.51. The molecule has 108 valence electrons. The second-order valence-corrected chi connectivity index (χ2v) is 4.70. The van der Waals surface area contributed by atoms with Crippen LogP contribution >= 0.6 is 0 Å². The molecule has 1 aromatic heterocycles. The number of hydrogen-bond acceptors (Lipinski definition) is 4. The Hall–Kier alpha value is -1.36. The van der Waals surface area contributed by atoms with Crippen molar-refractivity contribution in [3.63, 3.8) is 0 Å². The van der Waals surface area contributed by atoms with Crippen LogP contribution in [0.4, 0.5) is 0 Å². The molecule has 0 aromatic carbocycles. The maximum absolute atomic E-state index is 11.9. The number of rotatable bonds is 8. The van der Waals surface area contributed by atoms with Gasteiger partial charge in [0.1, 0.15) is 5.76 Å². The molecule has 0 aliphatic carbocycles. The van der Waals surface area contributed by atoms with Gasteiger partial charge < -0.3 is 9.73 Å². The molecule has 1 amide bonds. The van der Waals surface area contributed by atoms with Crippen molar-refractivity contribution >= 4 is 5.91 Å². The van der Waals surface area contributed by atoms with Crippen molar-refractivity contribution in [2.45, 2.75) is 65.6 Å². The number of amides is 1. The van der Waals surface area contributed by atoms with Crippen LogP contribution in [0.5, 0.6) is 0 Å². The number of carbonyl (C=O) groups excluding carboxylic acids is 1. The van der Waals surface area contributed by atoms with Gasteiger partial charge in [-0.3, -0.25) is 10.1 Å². The van der Waals surface area contributed by atoms with Gasteiger partial charge in [-0.1, -0.05) is 20.8 Å². The van der Waals surface area contributed by atoms with Crippen LogP contribution in [0.1, 0.15) is 52.2 Å². The number of nitrogens with zero attached hydrogens (tertiary/aromatic N) is 1. The largest absolute Gasteiger partial charge is 0.444 e. The van der Waals surface area contributed by atoms with E-state index < -0.39 is 0 Å². The van der Waals surface area contributed by atoms with Crippen molar-refractivity contribution in [2.75, 3.05) is 0 Å². The average molecular weight is 267 g/mol. The highest BCUT2D eigenvalue weighted by molar-refractivity contribution is 5.81. The molecule has 0 bridgehead atoms. The maximum atomic E-state index is 11.9. The van der Waals surface area contributed by atoms with Gasteiger partial charge in [0, 0.05) is 12.5 Å². The number of nitrogens with one attached hydrogen (secondary N) is 2. The van der Waals surface area contributed by atoms with E-state index in [1.807, 2.05) is 13.8 Å². The van der Waals surface area contributed by atoms with Gasteiger partial charge in [-0.2, -0.15) is 0 Å². The monoisotopic (exact) mass is 267 g/mol. The second-order valence-electron chi connectivity index (χ2n) is 4.70. The van der Waals surface area contributed by atoms with Gasteiger partial charge in [-0.15, -0.1) is 0 Å². The summed E-state index contributed by atoms with van der Waals surface area (Å²) in [7, 11) is 0. The van der Waals surface area contributed by atoms with Gasteiger partial charge in [0.15, 0.2) is 0 Å². The van der Waals surface area contributed by atoms with Crippen molar-refractivity contribution < 1.29 is 9.21 Å². The molecule has 1 rings (SSSR count). The Morgan fingerprint density at radius 1 is 1.37 bits per heavy atom. The van der Waals surface area contributed by atoms with E-state index in [4.69, 9.17) is 4.42 Å². The molecule has 0 aliphatic rings. The van der Waals surface area contributed by atoms with Crippen LogP contribution in [0.3, 0.4) is 0 Å². The first kappa shape index (κ1) is 15.7. The minimum absolute atomic E-state index is 0.0240. The fourth-order valence-electron chi connectivity index (χ4n) is 1.75. The minimum atomic E-state index is -0.252. The zero-order valence-corrected chi connectivity index (χ0v) is 12.3. The third-order valence-corrected chi connectivity index (χ3v) is 3.23. The van der Waals surface area contributed by atoms with Crippen LogP contribution in [0.25, 0.3) is 0 Å². The standard InChI is InChI=1S/C14H25N3O2/c1-5-11(6-2)17-14(18)10(4)15-9-13-16-8-12(7-3)19-13/h8,10-11,15H,5-7,9H2,1-4H3,(H,17,18). The summed E-state index contributed by atoms with van der Waals surface area (Å²) in [6.45, 7) is 8.49. The summed E-state index contributed by atoms with van der Waals surface area (Å²) >= 11 is 0. The lowest BCUT2D eigenvalue weighted by Crippen LogP contribution is -2.45. The van der Waals surface area contributed by atoms with E-state index in [2.05, 4.69) is 29.5 Å². The highest BCUT2D eigenvalue weighted by Crippen LogP contribution is 2.04. The van der Waals surface area contributed by atoms with Crippen LogP contribution < -0.4 is 10.6 Å². The van der Waals surface area contributed by atoms with E-state index in [0.29, 0.717) is 12.4 Å². The van der Waals surface area contributed by atoms with Gasteiger partial charge >= 0.3 is 0 Å². The molecule has 19 heavy (non-hydrogen) atoms. The number of carbonyl (C=O) groups is 1. The summed E-state index contributed by atoms with van der Waals surface area (Å²) in [4.78, 5) is 16.1. The molecule has 0 spiro atoms. The van der Waals surface area contributed by atoms with Gasteiger partial charge in [0.05, 0.1) is 18.8 Å². The predicted molar refractivity (Wildman–Crippen MR) is 74.7 cm³/mol. The number of hydrogen-bond donors (Lipinski definition) is 2. The molecule has 0 saturated heterocycles. The smallest absolute Gasteiger partial charge is 0.237 e. The van der Waals surface area contributed by atoms with Crippen LogP contribution in [-0.4, -0.2) is 23.0 Å². The van der Waals surface area contributed by atoms with E-state index in [9.17, 15) is 4.79 Å². The number of aryl methyl sites for hydroxylation is 1. The molecule has 1 atom stereocenters. The Labute approximate surface area is 115 Å². The Balaban J connectivity index is 2.37. The van der Waals surface area contributed by atoms with E-state index >= 15 is 0 Å². The molecule has 0 radical (unpaired) electrons. The lowest BCUT2D eigenvalue weighted by atomic mass is 10.1.